The fourth-order valence-electron chi connectivity index (χ4n) is 2.52. The van der Waals surface area contributed by atoms with Crippen molar-refractivity contribution in [2.75, 3.05) is 31.3 Å². The van der Waals surface area contributed by atoms with Gasteiger partial charge in [0.15, 0.2) is 0 Å². The molecular weight excluding hydrogens is 300 g/mol. The molecule has 22 heavy (non-hydrogen) atoms. The molecule has 5 nitrogen and oxygen atoms in total. The number of rotatable bonds is 4. The highest BCUT2D eigenvalue weighted by molar-refractivity contribution is 7.98. The number of likely N-dealkylation sites (tertiary alicyclic amines) is 1. The summed E-state index contributed by atoms with van der Waals surface area (Å²) >= 11 is 1.63. The monoisotopic (exact) mass is 322 g/mol. The van der Waals surface area contributed by atoms with E-state index < -0.39 is 0 Å². The van der Waals surface area contributed by atoms with E-state index in [-0.39, 0.29) is 17.9 Å². The number of thioether (sulfide) groups is 1. The fourth-order valence-corrected chi connectivity index (χ4v) is 2.98. The molecule has 1 heterocycles. The molecule has 1 aromatic carbocycles. The first-order valence-electron chi connectivity index (χ1n) is 7.50. The van der Waals surface area contributed by atoms with E-state index in [1.54, 1.807) is 23.6 Å². The topological polar surface area (TPSA) is 58.6 Å². The molecule has 1 atom stereocenters. The van der Waals surface area contributed by atoms with Crippen LogP contribution in [0.1, 0.15) is 19.8 Å². The van der Waals surface area contributed by atoms with Gasteiger partial charge >= 0.3 is 6.09 Å². The van der Waals surface area contributed by atoms with E-state index in [0.717, 1.165) is 23.4 Å². The summed E-state index contributed by atoms with van der Waals surface area (Å²) in [6, 6.07) is 7.76. The highest BCUT2D eigenvalue weighted by atomic mass is 32.2. The van der Waals surface area contributed by atoms with Crippen molar-refractivity contribution in [3.05, 3.63) is 24.3 Å². The average molecular weight is 322 g/mol. The summed E-state index contributed by atoms with van der Waals surface area (Å²) in [6.07, 6.45) is 3.29. The van der Waals surface area contributed by atoms with Crippen LogP contribution in [0.15, 0.2) is 29.2 Å². The number of amides is 2. The van der Waals surface area contributed by atoms with Crippen molar-refractivity contribution >= 4 is 29.4 Å². The summed E-state index contributed by atoms with van der Waals surface area (Å²) in [5, 5.41) is 2.95. The summed E-state index contributed by atoms with van der Waals surface area (Å²) in [5.74, 6) is -0.219. The van der Waals surface area contributed by atoms with Gasteiger partial charge in [-0.1, -0.05) is 6.07 Å². The van der Waals surface area contributed by atoms with Gasteiger partial charge in [-0.25, -0.2) is 4.79 Å². The Bertz CT molecular complexity index is 536. The number of nitrogens with zero attached hydrogens (tertiary/aromatic N) is 1. The lowest BCUT2D eigenvalue weighted by molar-refractivity contribution is -0.121. The molecule has 0 bridgehead atoms. The van der Waals surface area contributed by atoms with Gasteiger partial charge in [0.25, 0.3) is 0 Å². The van der Waals surface area contributed by atoms with Crippen molar-refractivity contribution in [2.24, 2.45) is 5.92 Å². The third-order valence-corrected chi connectivity index (χ3v) is 4.38. The Morgan fingerprint density at radius 1 is 1.45 bits per heavy atom. The van der Waals surface area contributed by atoms with Crippen LogP contribution in [0.5, 0.6) is 0 Å². The lowest BCUT2D eigenvalue weighted by atomic mass is 9.97. The predicted octanol–water partition coefficient (Wildman–Crippen LogP) is 3.22. The smallest absolute Gasteiger partial charge is 0.409 e. The number of benzene rings is 1. The first-order chi connectivity index (χ1) is 10.6. The van der Waals surface area contributed by atoms with Gasteiger partial charge in [0, 0.05) is 23.7 Å². The number of hydrogen-bond donors (Lipinski definition) is 1. The van der Waals surface area contributed by atoms with Gasteiger partial charge in [0.05, 0.1) is 12.5 Å². The van der Waals surface area contributed by atoms with Crippen LogP contribution in [0.4, 0.5) is 10.5 Å². The SMILES string of the molecule is CCOC(=O)N1CCCC(C(=O)Nc2cccc(SC)c2)C1. The highest BCUT2D eigenvalue weighted by Gasteiger charge is 2.29. The third kappa shape index (κ3) is 4.40. The molecule has 2 rings (SSSR count). The molecular formula is C16H22N2O3S. The molecule has 0 spiro atoms. The highest BCUT2D eigenvalue weighted by Crippen LogP contribution is 2.22. The molecule has 1 aliphatic rings. The van der Waals surface area contributed by atoms with Gasteiger partial charge in [-0.3, -0.25) is 4.79 Å². The normalized spacial score (nSPS) is 17.9. The lowest BCUT2D eigenvalue weighted by Gasteiger charge is -2.31. The predicted molar refractivity (Wildman–Crippen MR) is 88.2 cm³/mol. The Labute approximate surface area is 135 Å². The minimum absolute atomic E-state index is 0.0350. The van der Waals surface area contributed by atoms with Gasteiger partial charge in [-0.15, -0.1) is 11.8 Å². The van der Waals surface area contributed by atoms with Crippen LogP contribution in [0.2, 0.25) is 0 Å². The molecule has 0 saturated carbocycles. The van der Waals surface area contributed by atoms with Crippen LogP contribution in [0, 0.1) is 5.92 Å². The van der Waals surface area contributed by atoms with Crippen LogP contribution in [0.25, 0.3) is 0 Å². The molecule has 1 unspecified atom stereocenters. The molecule has 120 valence electrons. The summed E-state index contributed by atoms with van der Waals surface area (Å²) in [6.45, 7) is 3.22. The van der Waals surface area contributed by atoms with Gasteiger partial charge in [-0.05, 0) is 44.2 Å². The molecule has 1 fully saturated rings. The molecule has 1 aromatic rings. The Morgan fingerprint density at radius 2 is 2.27 bits per heavy atom. The van der Waals surface area contributed by atoms with Crippen molar-refractivity contribution < 1.29 is 14.3 Å². The van der Waals surface area contributed by atoms with Gasteiger partial charge in [-0.2, -0.15) is 0 Å². The first kappa shape index (κ1) is 16.7. The zero-order chi connectivity index (χ0) is 15.9. The van der Waals surface area contributed by atoms with E-state index in [9.17, 15) is 9.59 Å². The Hall–Kier alpha value is -1.69. The number of piperidine rings is 1. The Balaban J connectivity index is 1.95. The van der Waals surface area contributed by atoms with Crippen LogP contribution < -0.4 is 5.32 Å². The van der Waals surface area contributed by atoms with E-state index in [2.05, 4.69) is 5.32 Å². The van der Waals surface area contributed by atoms with E-state index in [4.69, 9.17) is 4.74 Å². The number of nitrogens with one attached hydrogen (secondary N) is 1. The van der Waals surface area contributed by atoms with E-state index in [0.29, 0.717) is 19.7 Å². The Morgan fingerprint density at radius 3 is 3.00 bits per heavy atom. The molecule has 0 radical (unpaired) electrons. The fraction of sp³-hybridized carbons (Fsp3) is 0.500. The van der Waals surface area contributed by atoms with Crippen LogP contribution in [0.3, 0.4) is 0 Å². The minimum Gasteiger partial charge on any atom is -0.450 e. The molecule has 6 heteroatoms. The number of anilines is 1. The van der Waals surface area contributed by atoms with Gasteiger partial charge < -0.3 is 15.0 Å². The van der Waals surface area contributed by atoms with E-state index in [1.165, 1.54) is 0 Å². The standard InChI is InChI=1S/C16H22N2O3S/c1-3-21-16(20)18-9-5-6-12(11-18)15(19)17-13-7-4-8-14(10-13)22-2/h4,7-8,10,12H,3,5-6,9,11H2,1-2H3,(H,17,19). The largest absolute Gasteiger partial charge is 0.450 e. The first-order valence-corrected chi connectivity index (χ1v) is 8.73. The maximum atomic E-state index is 12.4. The molecule has 2 amide bonds. The van der Waals surface area contributed by atoms with Gasteiger partial charge in [0.1, 0.15) is 0 Å². The molecule has 1 N–H and O–H groups in total. The number of hydrogen-bond acceptors (Lipinski definition) is 4. The molecule has 0 aliphatic carbocycles. The lowest BCUT2D eigenvalue weighted by Crippen LogP contribution is -2.44. The van der Waals surface area contributed by atoms with Crippen molar-refractivity contribution in [1.29, 1.82) is 0 Å². The minimum atomic E-state index is -0.329. The van der Waals surface area contributed by atoms with Crippen molar-refractivity contribution in [3.63, 3.8) is 0 Å². The average Bonchev–Trinajstić information content (AvgIpc) is 2.55. The molecule has 0 aromatic heterocycles. The summed E-state index contributed by atoms with van der Waals surface area (Å²) < 4.78 is 5.01. The number of ether oxygens (including phenoxy) is 1. The third-order valence-electron chi connectivity index (χ3n) is 3.66. The van der Waals surface area contributed by atoms with Crippen LogP contribution in [-0.4, -0.2) is 42.9 Å². The summed E-state index contributed by atoms with van der Waals surface area (Å²) in [7, 11) is 0. The second-order valence-corrected chi connectivity index (χ2v) is 6.08. The zero-order valence-corrected chi connectivity index (χ0v) is 13.8. The molecule has 1 saturated heterocycles. The number of carbonyl (C=O) groups is 2. The van der Waals surface area contributed by atoms with Crippen LogP contribution >= 0.6 is 11.8 Å². The summed E-state index contributed by atoms with van der Waals surface area (Å²) in [4.78, 5) is 26.9. The van der Waals surface area contributed by atoms with Crippen molar-refractivity contribution in [2.45, 2.75) is 24.7 Å². The maximum Gasteiger partial charge on any atom is 0.409 e. The van der Waals surface area contributed by atoms with Crippen molar-refractivity contribution in [3.8, 4) is 0 Å². The zero-order valence-electron chi connectivity index (χ0n) is 13.0. The van der Waals surface area contributed by atoms with E-state index >= 15 is 0 Å². The summed E-state index contributed by atoms with van der Waals surface area (Å²) in [5.41, 5.74) is 0.796. The second-order valence-electron chi connectivity index (χ2n) is 5.21. The second kappa shape index (κ2) is 8.08. The Kier molecular flexibility index (Phi) is 6.12. The van der Waals surface area contributed by atoms with Crippen LogP contribution in [-0.2, 0) is 9.53 Å². The van der Waals surface area contributed by atoms with E-state index in [1.807, 2.05) is 30.5 Å². The van der Waals surface area contributed by atoms with Gasteiger partial charge in [0.2, 0.25) is 5.91 Å². The molecule has 1 aliphatic heterocycles. The number of carbonyl (C=O) groups excluding carboxylic acids is 2. The van der Waals surface area contributed by atoms with Crippen molar-refractivity contribution in [1.82, 2.24) is 4.90 Å². The quantitative estimate of drug-likeness (QED) is 0.865. The maximum absolute atomic E-state index is 12.4.